The Kier molecular flexibility index (Phi) is 21.3. The molecule has 0 unspecified atom stereocenters. The van der Waals surface area contributed by atoms with Gasteiger partial charge in [0.2, 0.25) is 0 Å². The zero-order chi connectivity index (χ0) is 93.2. The molecule has 28 aromatic rings. The van der Waals surface area contributed by atoms with Crippen LogP contribution in [0.3, 0.4) is 0 Å². The minimum atomic E-state index is 0.650. The highest BCUT2D eigenvalue weighted by atomic mass is 32.1. The Balaban J connectivity index is 0.000000109. The van der Waals surface area contributed by atoms with E-state index in [0.717, 1.165) is 88.0 Å². The topological polar surface area (TPSA) is 116 Å². The molecule has 0 aliphatic carbocycles. The molecule has 658 valence electrons. The lowest BCUT2D eigenvalue weighted by Gasteiger charge is -2.13. The number of rotatable bonds is 13. The summed E-state index contributed by atoms with van der Waals surface area (Å²) in [6, 6.07) is 169. The molecular formula is C129H79N9S3. The minimum Gasteiger partial charge on any atom is -0.208 e. The van der Waals surface area contributed by atoms with E-state index >= 15 is 0 Å². The Hall–Kier alpha value is -17.9. The fourth-order valence-electron chi connectivity index (χ4n) is 19.8. The summed E-state index contributed by atoms with van der Waals surface area (Å²) in [6.45, 7) is 0. The van der Waals surface area contributed by atoms with Gasteiger partial charge in [0.15, 0.2) is 52.4 Å². The van der Waals surface area contributed by atoms with Crippen molar-refractivity contribution in [1.82, 2.24) is 44.9 Å². The third-order valence-electron chi connectivity index (χ3n) is 26.8. The third-order valence-corrected chi connectivity index (χ3v) is 30.2. The maximum Gasteiger partial charge on any atom is 0.164 e. The molecule has 0 saturated heterocycles. The zero-order valence-electron chi connectivity index (χ0n) is 75.9. The van der Waals surface area contributed by atoms with Gasteiger partial charge in [0.1, 0.15) is 0 Å². The molecule has 141 heavy (non-hydrogen) atoms. The molecule has 0 spiro atoms. The summed E-state index contributed by atoms with van der Waals surface area (Å²) in [4.78, 5) is 45.7. The second-order valence-electron chi connectivity index (χ2n) is 35.3. The average Bonchev–Trinajstić information content (AvgIpc) is 1.75. The van der Waals surface area contributed by atoms with E-state index in [-0.39, 0.29) is 0 Å². The second kappa shape index (κ2) is 36.0. The molecule has 0 radical (unpaired) electrons. The fraction of sp³-hybridized carbons (Fsp3) is 0. The van der Waals surface area contributed by atoms with Crippen molar-refractivity contribution in [1.29, 1.82) is 0 Å². The first-order valence-electron chi connectivity index (χ1n) is 47.2. The molecule has 6 aromatic heterocycles. The van der Waals surface area contributed by atoms with Gasteiger partial charge in [-0.3, -0.25) is 0 Å². The highest BCUT2D eigenvalue weighted by Gasteiger charge is 2.24. The molecule has 0 N–H and O–H groups in total. The van der Waals surface area contributed by atoms with Crippen LogP contribution in [-0.4, -0.2) is 44.9 Å². The van der Waals surface area contributed by atoms with Gasteiger partial charge in [0.25, 0.3) is 0 Å². The maximum absolute atomic E-state index is 5.17. The van der Waals surface area contributed by atoms with Gasteiger partial charge < -0.3 is 0 Å². The summed E-state index contributed by atoms with van der Waals surface area (Å²) < 4.78 is 7.85. The fourth-order valence-corrected chi connectivity index (χ4v) is 23.1. The van der Waals surface area contributed by atoms with Gasteiger partial charge in [-0.2, -0.15) is 0 Å². The summed E-state index contributed by atoms with van der Waals surface area (Å²) in [5.41, 5.74) is 18.2. The second-order valence-corrected chi connectivity index (χ2v) is 38.6. The molecule has 9 nitrogen and oxygen atoms in total. The van der Waals surface area contributed by atoms with Crippen LogP contribution in [0.5, 0.6) is 0 Å². The lowest BCUT2D eigenvalue weighted by atomic mass is 9.94. The number of hydrogen-bond acceptors (Lipinski definition) is 12. The Morgan fingerprint density at radius 2 is 0.326 bits per heavy atom. The molecule has 0 atom stereocenters. The Morgan fingerprint density at radius 1 is 0.106 bits per heavy atom. The number of aromatic nitrogens is 9. The number of benzene rings is 22. The molecule has 0 bridgehead atoms. The third kappa shape index (κ3) is 16.0. The van der Waals surface area contributed by atoms with E-state index in [1.807, 2.05) is 88.6 Å². The van der Waals surface area contributed by atoms with Crippen LogP contribution in [0, 0.1) is 0 Å². The average molecular weight is 1850 g/mol. The molecule has 22 aromatic carbocycles. The molecule has 6 heterocycles. The summed E-state index contributed by atoms with van der Waals surface area (Å²) in [5, 5.41) is 21.7. The van der Waals surface area contributed by atoms with Gasteiger partial charge >= 0.3 is 0 Å². The lowest BCUT2D eigenvalue weighted by Crippen LogP contribution is -2.01. The van der Waals surface area contributed by atoms with Crippen LogP contribution in [0.1, 0.15) is 0 Å². The largest absolute Gasteiger partial charge is 0.208 e. The molecule has 0 saturated carbocycles. The highest BCUT2D eigenvalue weighted by molar-refractivity contribution is 7.26. The van der Waals surface area contributed by atoms with Crippen LogP contribution in [0.2, 0.25) is 0 Å². The van der Waals surface area contributed by atoms with Gasteiger partial charge in [-0.1, -0.05) is 394 Å². The van der Waals surface area contributed by atoms with Crippen molar-refractivity contribution in [2.75, 3.05) is 0 Å². The van der Waals surface area contributed by atoms with E-state index in [1.54, 1.807) is 0 Å². The standard InChI is InChI=1S/C45H27N3S.C43H27N3S.C41H25N3S/c1-3-11-30-25-33(19-17-28(30)9-1)43-46-44(34-20-18-29-10-2-4-12-31(29)26-34)48-45(47-43)39-23-22-35(36-13-5-6-14-37(36)39)32-21-24-42-40(27-32)38-15-7-8-16-41(38)49-42;1-3-11-28(12-4-1)29-19-21-31(22-20-29)42-44-41(30-13-5-2-6-14-30)45-43(46-42)38-26-25-33(34-15-7-8-16-35(34)38)32-23-24-37-36-17-9-10-18-39(36)47-40(37)27-32;1-2-11-27(12-3-1)39-42-40(30-19-18-26-10-4-5-13-28(26)24-30)44-41(43-39)35-22-21-31(32-14-6-7-15-33(32)35)29-20-23-38-36(25-29)34-16-8-9-17-37(34)45-38/h1-27H;1-27H;1-25H. The Labute approximate surface area is 823 Å². The number of nitrogens with zero attached hydrogens (tertiary/aromatic N) is 9. The normalized spacial score (nSPS) is 11.5. The van der Waals surface area contributed by atoms with Crippen LogP contribution in [0.25, 0.3) is 272 Å². The van der Waals surface area contributed by atoms with Crippen molar-refractivity contribution in [2.24, 2.45) is 0 Å². The minimum absolute atomic E-state index is 0.650. The quantitative estimate of drug-likeness (QED) is 0.111. The van der Waals surface area contributed by atoms with Crippen LogP contribution in [0.15, 0.2) is 479 Å². The van der Waals surface area contributed by atoms with Crippen LogP contribution >= 0.6 is 34.0 Å². The van der Waals surface area contributed by atoms with Crippen molar-refractivity contribution in [2.45, 2.75) is 0 Å². The predicted octanol–water partition coefficient (Wildman–Crippen LogP) is 35.3. The summed E-state index contributed by atoms with van der Waals surface area (Å²) in [5.74, 6) is 5.90. The first-order valence-corrected chi connectivity index (χ1v) is 49.6. The van der Waals surface area contributed by atoms with Gasteiger partial charge in [-0.05, 0) is 194 Å². The van der Waals surface area contributed by atoms with E-state index in [9.17, 15) is 0 Å². The van der Waals surface area contributed by atoms with Crippen molar-refractivity contribution >= 4 is 159 Å². The summed E-state index contributed by atoms with van der Waals surface area (Å²) >= 11 is 5.54. The molecule has 0 aliphatic rings. The molecule has 0 amide bonds. The van der Waals surface area contributed by atoms with E-state index in [1.165, 1.54) is 132 Å². The van der Waals surface area contributed by atoms with E-state index < -0.39 is 0 Å². The van der Waals surface area contributed by atoms with E-state index in [0.29, 0.717) is 52.4 Å². The maximum atomic E-state index is 5.17. The summed E-state index contributed by atoms with van der Waals surface area (Å²) in [6.07, 6.45) is 0. The molecular weight excluding hydrogens is 1770 g/mol. The number of thiophene rings is 3. The Morgan fingerprint density at radius 3 is 0.695 bits per heavy atom. The predicted molar refractivity (Wildman–Crippen MR) is 594 cm³/mol. The zero-order valence-corrected chi connectivity index (χ0v) is 78.3. The number of hydrogen-bond donors (Lipinski definition) is 0. The first kappa shape index (κ1) is 83.7. The van der Waals surface area contributed by atoms with Crippen molar-refractivity contribution in [3.05, 3.63) is 479 Å². The van der Waals surface area contributed by atoms with Gasteiger partial charge in [0, 0.05) is 111 Å². The van der Waals surface area contributed by atoms with Crippen molar-refractivity contribution in [3.63, 3.8) is 0 Å². The smallest absolute Gasteiger partial charge is 0.164 e. The van der Waals surface area contributed by atoms with Crippen molar-refractivity contribution in [3.8, 4) is 147 Å². The van der Waals surface area contributed by atoms with Gasteiger partial charge in [0.05, 0.1) is 0 Å². The molecule has 0 aliphatic heterocycles. The van der Waals surface area contributed by atoms with E-state index in [4.69, 9.17) is 44.9 Å². The van der Waals surface area contributed by atoms with Crippen molar-refractivity contribution < 1.29 is 0 Å². The monoisotopic (exact) mass is 1850 g/mol. The van der Waals surface area contributed by atoms with Crippen LogP contribution < -0.4 is 0 Å². The Bertz CT molecular complexity index is 9690. The van der Waals surface area contributed by atoms with Crippen LogP contribution in [-0.2, 0) is 0 Å². The number of fused-ring (bicyclic) bond motifs is 15. The SMILES string of the molecule is c1ccc(-c2ccc(-c3nc(-c4ccccc4)nc(-c4ccc(-c5ccc6c(c5)sc5ccccc56)c5ccccc45)n3)cc2)cc1.c1ccc(-c2nc(-c3ccc4ccccc4c3)nc(-c3ccc(-c4ccc5sc6ccccc6c5c4)c4ccccc34)n2)cc1.c1ccc2cc(-c3nc(-c4ccc5ccccc5c4)nc(-c4ccc(-c5ccc6sc7ccccc7c6c5)c5ccccc45)n3)ccc2c1. The van der Waals surface area contributed by atoms with Crippen LogP contribution in [0.4, 0.5) is 0 Å². The van der Waals surface area contributed by atoms with Gasteiger partial charge in [-0.25, -0.2) is 44.9 Å². The lowest BCUT2D eigenvalue weighted by molar-refractivity contribution is 1.08. The summed E-state index contributed by atoms with van der Waals surface area (Å²) in [7, 11) is 0. The van der Waals surface area contributed by atoms with E-state index in [2.05, 4.69) is 425 Å². The molecule has 0 fully saturated rings. The first-order chi connectivity index (χ1) is 69.8. The highest BCUT2D eigenvalue weighted by Crippen LogP contribution is 2.47. The molecule has 28 rings (SSSR count). The van der Waals surface area contributed by atoms with Gasteiger partial charge in [-0.15, -0.1) is 34.0 Å². The molecule has 12 heteroatoms.